The summed E-state index contributed by atoms with van der Waals surface area (Å²) in [7, 11) is 0. The largest absolute Gasteiger partial charge is 0.0843 e. The maximum Gasteiger partial charge on any atom is 0.0408 e. The van der Waals surface area contributed by atoms with Crippen LogP contribution in [0.4, 0.5) is 0 Å². The topological polar surface area (TPSA) is 0 Å². The predicted octanol–water partition coefficient (Wildman–Crippen LogP) is 5.93. The summed E-state index contributed by atoms with van der Waals surface area (Å²) in [5.41, 5.74) is 2.45. The van der Waals surface area contributed by atoms with Gasteiger partial charge in [0.15, 0.2) is 0 Å². The van der Waals surface area contributed by atoms with Gasteiger partial charge in [0.2, 0.25) is 0 Å². The summed E-state index contributed by atoms with van der Waals surface area (Å²) < 4.78 is 0. The van der Waals surface area contributed by atoms with Crippen molar-refractivity contribution in [1.29, 1.82) is 0 Å². The third-order valence-electron chi connectivity index (χ3n) is 1.99. The fraction of sp³-hybridized carbons (Fsp3) is 0.200. The van der Waals surface area contributed by atoms with E-state index in [9.17, 15) is 0 Å². The lowest BCUT2D eigenvalue weighted by Crippen LogP contribution is -1.66. The van der Waals surface area contributed by atoms with Gasteiger partial charge in [0, 0.05) is 10.0 Å². The first-order valence-corrected chi connectivity index (χ1v) is 5.78. The SMILES string of the molecule is C.Cc1ccc(Cl)cc1.Cc1cccc(Cl)c1. The first-order valence-electron chi connectivity index (χ1n) is 5.02. The monoisotopic (exact) mass is 268 g/mol. The molecule has 0 fully saturated rings. The van der Waals surface area contributed by atoms with Gasteiger partial charge in [-0.05, 0) is 43.7 Å². The van der Waals surface area contributed by atoms with E-state index in [-0.39, 0.29) is 7.43 Å². The first-order chi connectivity index (χ1) is 7.58. The molecule has 0 saturated carbocycles. The summed E-state index contributed by atoms with van der Waals surface area (Å²) in [6.07, 6.45) is 0. The van der Waals surface area contributed by atoms with E-state index in [0.29, 0.717) is 0 Å². The lowest BCUT2D eigenvalue weighted by atomic mass is 10.2. The number of halogens is 2. The molecule has 0 aliphatic heterocycles. The van der Waals surface area contributed by atoms with Gasteiger partial charge < -0.3 is 0 Å². The summed E-state index contributed by atoms with van der Waals surface area (Å²) in [4.78, 5) is 0. The van der Waals surface area contributed by atoms with Crippen molar-refractivity contribution in [3.05, 3.63) is 69.7 Å². The Bertz CT molecular complexity index is 395. The van der Waals surface area contributed by atoms with Crippen LogP contribution in [0.15, 0.2) is 48.5 Å². The summed E-state index contributed by atoms with van der Waals surface area (Å²) in [5, 5.41) is 1.61. The molecule has 0 saturated heterocycles. The van der Waals surface area contributed by atoms with E-state index in [0.717, 1.165) is 10.0 Å². The van der Waals surface area contributed by atoms with Gasteiger partial charge in [-0.3, -0.25) is 0 Å². The van der Waals surface area contributed by atoms with Gasteiger partial charge in [-0.1, -0.05) is 60.5 Å². The minimum Gasteiger partial charge on any atom is -0.0843 e. The summed E-state index contributed by atoms with van der Waals surface area (Å²) in [6, 6.07) is 15.5. The van der Waals surface area contributed by atoms with Crippen molar-refractivity contribution in [2.75, 3.05) is 0 Å². The molecule has 0 nitrogen and oxygen atoms in total. The molecule has 2 aromatic carbocycles. The third-order valence-corrected chi connectivity index (χ3v) is 2.48. The molecule has 2 aromatic rings. The van der Waals surface area contributed by atoms with Gasteiger partial charge in [0.05, 0.1) is 0 Å². The number of benzene rings is 2. The Morgan fingerprint density at radius 3 is 1.65 bits per heavy atom. The number of rotatable bonds is 0. The number of aryl methyl sites for hydroxylation is 2. The lowest BCUT2D eigenvalue weighted by Gasteiger charge is -1.88. The Labute approximate surface area is 114 Å². The number of hydrogen-bond acceptors (Lipinski definition) is 0. The summed E-state index contributed by atoms with van der Waals surface area (Å²) >= 11 is 11.3. The van der Waals surface area contributed by atoms with E-state index >= 15 is 0 Å². The molecule has 0 amide bonds. The molecule has 0 aliphatic carbocycles. The van der Waals surface area contributed by atoms with Crippen LogP contribution in [0.1, 0.15) is 18.6 Å². The second kappa shape index (κ2) is 8.16. The van der Waals surface area contributed by atoms with Crippen LogP contribution in [-0.4, -0.2) is 0 Å². The Morgan fingerprint density at radius 1 is 0.706 bits per heavy atom. The molecule has 17 heavy (non-hydrogen) atoms. The quantitative estimate of drug-likeness (QED) is 0.555. The van der Waals surface area contributed by atoms with Crippen molar-refractivity contribution in [3.8, 4) is 0 Å². The highest BCUT2D eigenvalue weighted by molar-refractivity contribution is 6.30. The molecule has 0 aromatic heterocycles. The fourth-order valence-electron chi connectivity index (χ4n) is 1.14. The van der Waals surface area contributed by atoms with Crippen molar-refractivity contribution < 1.29 is 0 Å². The van der Waals surface area contributed by atoms with E-state index in [1.165, 1.54) is 11.1 Å². The average molecular weight is 269 g/mol. The van der Waals surface area contributed by atoms with E-state index in [1.54, 1.807) is 0 Å². The van der Waals surface area contributed by atoms with Gasteiger partial charge in [-0.25, -0.2) is 0 Å². The normalized spacial score (nSPS) is 8.71. The van der Waals surface area contributed by atoms with Gasteiger partial charge in [-0.2, -0.15) is 0 Å². The summed E-state index contributed by atoms with van der Waals surface area (Å²) in [5.74, 6) is 0. The van der Waals surface area contributed by atoms with Crippen molar-refractivity contribution in [1.82, 2.24) is 0 Å². The van der Waals surface area contributed by atoms with Crippen LogP contribution >= 0.6 is 23.2 Å². The highest BCUT2D eigenvalue weighted by atomic mass is 35.5. The highest BCUT2D eigenvalue weighted by Crippen LogP contribution is 2.08. The Balaban J connectivity index is 0.000000284. The number of hydrogen-bond donors (Lipinski definition) is 0. The minimum atomic E-state index is 0. The standard InChI is InChI=1S/2C7H7Cl.CH4/c1-6-2-4-7(8)5-3-6;1-6-3-2-4-7(8)5-6;/h2*2-5H,1H3;1H4. The van der Waals surface area contributed by atoms with Crippen LogP contribution in [0.2, 0.25) is 10.0 Å². The Kier molecular flexibility index (Phi) is 7.69. The van der Waals surface area contributed by atoms with Crippen LogP contribution in [0.3, 0.4) is 0 Å². The van der Waals surface area contributed by atoms with Crippen molar-refractivity contribution in [3.63, 3.8) is 0 Å². The van der Waals surface area contributed by atoms with Crippen LogP contribution in [0.5, 0.6) is 0 Å². The van der Waals surface area contributed by atoms with Crippen molar-refractivity contribution in [2.24, 2.45) is 0 Å². The van der Waals surface area contributed by atoms with Crippen LogP contribution in [0.25, 0.3) is 0 Å². The molecule has 0 radical (unpaired) electrons. The van der Waals surface area contributed by atoms with Gasteiger partial charge in [0.25, 0.3) is 0 Å². The van der Waals surface area contributed by atoms with Crippen LogP contribution in [0, 0.1) is 13.8 Å². The molecule has 0 atom stereocenters. The third kappa shape index (κ3) is 7.04. The molecular weight excluding hydrogens is 251 g/mol. The molecule has 2 heteroatoms. The average Bonchev–Trinajstić information content (AvgIpc) is 2.23. The maximum absolute atomic E-state index is 5.64. The molecular formula is C15H18Cl2. The zero-order valence-corrected chi connectivity index (χ0v) is 10.9. The van der Waals surface area contributed by atoms with Gasteiger partial charge >= 0.3 is 0 Å². The maximum atomic E-state index is 5.64. The molecule has 0 N–H and O–H groups in total. The van der Waals surface area contributed by atoms with E-state index in [1.807, 2.05) is 62.4 Å². The zero-order chi connectivity index (χ0) is 12.0. The predicted molar refractivity (Wildman–Crippen MR) is 79.1 cm³/mol. The highest BCUT2D eigenvalue weighted by Gasteiger charge is 1.83. The molecule has 92 valence electrons. The molecule has 2 rings (SSSR count). The van der Waals surface area contributed by atoms with Crippen molar-refractivity contribution in [2.45, 2.75) is 21.3 Å². The van der Waals surface area contributed by atoms with Crippen LogP contribution in [-0.2, 0) is 0 Å². The molecule has 0 bridgehead atoms. The first kappa shape index (κ1) is 16.0. The fourth-order valence-corrected chi connectivity index (χ4v) is 1.51. The minimum absolute atomic E-state index is 0. The van der Waals surface area contributed by atoms with Crippen molar-refractivity contribution >= 4 is 23.2 Å². The second-order valence-electron chi connectivity index (χ2n) is 3.59. The smallest absolute Gasteiger partial charge is 0.0408 e. The lowest BCUT2D eigenvalue weighted by molar-refractivity contribution is 1.47. The van der Waals surface area contributed by atoms with Crippen LogP contribution < -0.4 is 0 Å². The molecule has 0 aliphatic rings. The Morgan fingerprint density at radius 2 is 1.29 bits per heavy atom. The Hall–Kier alpha value is -0.980. The van der Waals surface area contributed by atoms with E-state index in [2.05, 4.69) is 0 Å². The van der Waals surface area contributed by atoms with Gasteiger partial charge in [0.1, 0.15) is 0 Å². The van der Waals surface area contributed by atoms with Gasteiger partial charge in [-0.15, -0.1) is 0 Å². The molecule has 0 unspecified atom stereocenters. The molecule has 0 heterocycles. The van der Waals surface area contributed by atoms with E-state index in [4.69, 9.17) is 23.2 Å². The molecule has 0 spiro atoms. The van der Waals surface area contributed by atoms with E-state index < -0.39 is 0 Å². The second-order valence-corrected chi connectivity index (χ2v) is 4.47. The zero-order valence-electron chi connectivity index (χ0n) is 9.37. The summed E-state index contributed by atoms with van der Waals surface area (Å²) in [6.45, 7) is 4.06.